The largest absolute Gasteiger partial charge is 0.444 e. The van der Waals surface area contributed by atoms with Crippen molar-refractivity contribution in [2.45, 2.75) is 32.4 Å². The maximum atomic E-state index is 13.2. The fraction of sp³-hybridized carbons (Fsp3) is 0.250. The second-order valence-corrected chi connectivity index (χ2v) is 9.51. The van der Waals surface area contributed by atoms with E-state index in [-0.39, 0.29) is 12.5 Å². The Kier molecular flexibility index (Phi) is 5.97. The van der Waals surface area contributed by atoms with Crippen LogP contribution in [0.4, 0.5) is 4.79 Å². The molecule has 0 aliphatic heterocycles. The molecule has 0 aliphatic carbocycles. The highest BCUT2D eigenvalue weighted by Gasteiger charge is 2.23. The summed E-state index contributed by atoms with van der Waals surface area (Å²) in [5, 5.41) is 7.66. The number of H-pyrrole nitrogens is 2. The number of halogens is 1. The summed E-state index contributed by atoms with van der Waals surface area (Å²) in [5.41, 5.74) is 2.63. The van der Waals surface area contributed by atoms with Crippen molar-refractivity contribution in [3.05, 3.63) is 70.5 Å². The van der Waals surface area contributed by atoms with Gasteiger partial charge in [0, 0.05) is 50.8 Å². The van der Waals surface area contributed by atoms with Crippen LogP contribution in [-0.2, 0) is 4.74 Å². The van der Waals surface area contributed by atoms with Crippen molar-refractivity contribution in [1.82, 2.24) is 20.6 Å². The van der Waals surface area contributed by atoms with Crippen LogP contribution in [-0.4, -0.2) is 34.1 Å². The van der Waals surface area contributed by atoms with Crippen molar-refractivity contribution < 1.29 is 14.3 Å². The minimum absolute atomic E-state index is 0.177. The third kappa shape index (κ3) is 4.80. The predicted octanol–water partition coefficient (Wildman–Crippen LogP) is 5.41. The fourth-order valence-electron chi connectivity index (χ4n) is 3.64. The zero-order chi connectivity index (χ0) is 22.9. The van der Waals surface area contributed by atoms with E-state index in [1.807, 2.05) is 48.7 Å². The van der Waals surface area contributed by atoms with Gasteiger partial charge in [-0.1, -0.05) is 40.2 Å². The zero-order valence-corrected chi connectivity index (χ0v) is 19.7. The van der Waals surface area contributed by atoms with E-state index >= 15 is 0 Å². The number of aromatic nitrogens is 2. The number of amides is 2. The lowest BCUT2D eigenvalue weighted by atomic mass is 10.0. The number of fused-ring (bicyclic) bond motifs is 2. The smallest absolute Gasteiger partial charge is 0.407 e. The second kappa shape index (κ2) is 8.70. The van der Waals surface area contributed by atoms with E-state index in [9.17, 15) is 9.59 Å². The number of alkyl carbamates (subject to hydrolysis) is 1. The van der Waals surface area contributed by atoms with Crippen LogP contribution in [0.3, 0.4) is 0 Å². The number of nitrogens with one attached hydrogen (secondary N) is 4. The Morgan fingerprint density at radius 1 is 1.03 bits per heavy atom. The maximum Gasteiger partial charge on any atom is 0.407 e. The summed E-state index contributed by atoms with van der Waals surface area (Å²) < 4.78 is 6.29. The molecule has 0 saturated heterocycles. The lowest BCUT2D eigenvalue weighted by Gasteiger charge is -2.22. The number of aromatic amines is 2. The molecule has 7 nitrogen and oxygen atoms in total. The first-order valence-corrected chi connectivity index (χ1v) is 11.1. The summed E-state index contributed by atoms with van der Waals surface area (Å²) in [6.45, 7) is 5.60. The Hall–Kier alpha value is -3.26. The molecule has 0 spiro atoms. The first kappa shape index (κ1) is 22.0. The Balaban J connectivity index is 1.61. The molecule has 1 atom stereocenters. The van der Waals surface area contributed by atoms with Crippen molar-refractivity contribution in [2.75, 3.05) is 6.54 Å². The van der Waals surface area contributed by atoms with E-state index in [2.05, 4.69) is 36.5 Å². The van der Waals surface area contributed by atoms with E-state index < -0.39 is 17.7 Å². The lowest BCUT2D eigenvalue weighted by Crippen LogP contribution is -2.40. The van der Waals surface area contributed by atoms with Crippen LogP contribution in [0.5, 0.6) is 0 Å². The fourth-order valence-corrected chi connectivity index (χ4v) is 4.00. The van der Waals surface area contributed by atoms with Gasteiger partial charge in [0.2, 0.25) is 0 Å². The number of para-hydroxylation sites is 1. The predicted molar refractivity (Wildman–Crippen MR) is 129 cm³/mol. The summed E-state index contributed by atoms with van der Waals surface area (Å²) in [5.74, 6) is -0.236. The van der Waals surface area contributed by atoms with Crippen LogP contribution in [0.2, 0.25) is 0 Å². The molecule has 4 N–H and O–H groups in total. The standard InChI is InChI=1S/C24H25BrN4O3/c1-24(2,3)32-23(31)28-13-21(17-11-26-19-7-5-4-6-15(17)19)29-22(30)18-12-27-20-10-14(25)8-9-16(18)20/h4-12,21,26-27H,13H2,1-3H3,(H,28,31)(H,29,30). The number of rotatable bonds is 5. The van der Waals surface area contributed by atoms with Gasteiger partial charge in [0.05, 0.1) is 11.6 Å². The van der Waals surface area contributed by atoms with E-state index in [1.54, 1.807) is 27.0 Å². The molecule has 166 valence electrons. The maximum absolute atomic E-state index is 13.2. The quantitative estimate of drug-likeness (QED) is 0.297. The molecular formula is C24H25BrN4O3. The summed E-state index contributed by atoms with van der Waals surface area (Å²) >= 11 is 3.45. The molecule has 0 radical (unpaired) electrons. The van der Waals surface area contributed by atoms with Gasteiger partial charge < -0.3 is 25.3 Å². The van der Waals surface area contributed by atoms with Crippen LogP contribution in [0.15, 0.2) is 59.3 Å². The summed E-state index contributed by atoms with van der Waals surface area (Å²) in [6.07, 6.45) is 3.02. The van der Waals surface area contributed by atoms with Crippen LogP contribution < -0.4 is 10.6 Å². The van der Waals surface area contributed by atoms with Crippen LogP contribution >= 0.6 is 15.9 Å². The molecule has 1 unspecified atom stereocenters. The molecular weight excluding hydrogens is 472 g/mol. The number of hydrogen-bond donors (Lipinski definition) is 4. The van der Waals surface area contributed by atoms with Gasteiger partial charge in [0.25, 0.3) is 5.91 Å². The number of carbonyl (C=O) groups is 2. The summed E-state index contributed by atoms with van der Waals surface area (Å²) in [7, 11) is 0. The molecule has 0 saturated carbocycles. The summed E-state index contributed by atoms with van der Waals surface area (Å²) in [4.78, 5) is 31.8. The van der Waals surface area contributed by atoms with Crippen LogP contribution in [0.1, 0.15) is 42.7 Å². The molecule has 0 fully saturated rings. The molecule has 0 bridgehead atoms. The van der Waals surface area contributed by atoms with Gasteiger partial charge in [-0.15, -0.1) is 0 Å². The minimum atomic E-state index is -0.609. The number of hydrogen-bond acceptors (Lipinski definition) is 3. The van der Waals surface area contributed by atoms with E-state index in [0.717, 1.165) is 31.8 Å². The zero-order valence-electron chi connectivity index (χ0n) is 18.1. The van der Waals surface area contributed by atoms with Gasteiger partial charge in [-0.25, -0.2) is 4.79 Å². The van der Waals surface area contributed by atoms with Gasteiger partial charge in [-0.3, -0.25) is 4.79 Å². The molecule has 0 aliphatic rings. The third-order valence-electron chi connectivity index (χ3n) is 5.04. The first-order valence-electron chi connectivity index (χ1n) is 10.3. The normalized spacial score (nSPS) is 12.6. The van der Waals surface area contributed by atoms with Gasteiger partial charge in [0.15, 0.2) is 0 Å². The molecule has 32 heavy (non-hydrogen) atoms. The Morgan fingerprint density at radius 2 is 1.78 bits per heavy atom. The van der Waals surface area contributed by atoms with Crippen molar-refractivity contribution in [3.63, 3.8) is 0 Å². The first-order chi connectivity index (χ1) is 15.2. The van der Waals surface area contributed by atoms with E-state index in [1.165, 1.54) is 0 Å². The third-order valence-corrected chi connectivity index (χ3v) is 5.53. The SMILES string of the molecule is CC(C)(C)OC(=O)NCC(NC(=O)c1c[nH]c2cc(Br)ccc12)c1c[nH]c2ccccc12. The van der Waals surface area contributed by atoms with Gasteiger partial charge in [-0.2, -0.15) is 0 Å². The Bertz CT molecular complexity index is 1290. The van der Waals surface area contributed by atoms with Gasteiger partial charge >= 0.3 is 6.09 Å². The van der Waals surface area contributed by atoms with Crippen molar-refractivity contribution in [1.29, 1.82) is 0 Å². The lowest BCUT2D eigenvalue weighted by molar-refractivity contribution is 0.0520. The highest BCUT2D eigenvalue weighted by molar-refractivity contribution is 9.10. The molecule has 2 heterocycles. The molecule has 8 heteroatoms. The highest BCUT2D eigenvalue weighted by Crippen LogP contribution is 2.26. The monoisotopic (exact) mass is 496 g/mol. The molecule has 2 aromatic heterocycles. The van der Waals surface area contributed by atoms with Crippen molar-refractivity contribution >= 4 is 49.7 Å². The topological polar surface area (TPSA) is 99.0 Å². The molecule has 4 rings (SSSR count). The van der Waals surface area contributed by atoms with Crippen molar-refractivity contribution in [3.8, 4) is 0 Å². The number of benzene rings is 2. The summed E-state index contributed by atoms with van der Waals surface area (Å²) in [6, 6.07) is 13.1. The molecule has 2 amide bonds. The average molecular weight is 497 g/mol. The Morgan fingerprint density at radius 3 is 2.56 bits per heavy atom. The van der Waals surface area contributed by atoms with E-state index in [0.29, 0.717) is 5.56 Å². The van der Waals surface area contributed by atoms with Gasteiger partial charge in [-0.05, 0) is 39.0 Å². The highest BCUT2D eigenvalue weighted by atomic mass is 79.9. The molecule has 4 aromatic rings. The number of carbonyl (C=O) groups excluding carboxylic acids is 2. The Labute approximate surface area is 194 Å². The average Bonchev–Trinajstić information content (AvgIpc) is 3.33. The van der Waals surface area contributed by atoms with Crippen LogP contribution in [0, 0.1) is 0 Å². The van der Waals surface area contributed by atoms with Gasteiger partial charge in [0.1, 0.15) is 5.60 Å². The number of ether oxygens (including phenoxy) is 1. The van der Waals surface area contributed by atoms with Crippen LogP contribution in [0.25, 0.3) is 21.8 Å². The van der Waals surface area contributed by atoms with E-state index in [4.69, 9.17) is 4.74 Å². The van der Waals surface area contributed by atoms with Crippen molar-refractivity contribution in [2.24, 2.45) is 0 Å². The molecule has 2 aromatic carbocycles. The second-order valence-electron chi connectivity index (χ2n) is 8.59. The minimum Gasteiger partial charge on any atom is -0.444 e.